The highest BCUT2D eigenvalue weighted by atomic mass is 16.2. The molecule has 0 bridgehead atoms. The van der Waals surface area contributed by atoms with Gasteiger partial charge in [-0.2, -0.15) is 0 Å². The van der Waals surface area contributed by atoms with Crippen LogP contribution in [0.1, 0.15) is 60.2 Å². The number of likely N-dealkylation sites (N-methyl/N-ethyl adjacent to an activating group) is 1. The summed E-state index contributed by atoms with van der Waals surface area (Å²) < 4.78 is 2.27. The van der Waals surface area contributed by atoms with Crippen LogP contribution < -0.4 is 5.32 Å². The van der Waals surface area contributed by atoms with Crippen LogP contribution in [0.5, 0.6) is 0 Å². The van der Waals surface area contributed by atoms with Crippen LogP contribution in [0.2, 0.25) is 0 Å². The third kappa shape index (κ3) is 3.29. The van der Waals surface area contributed by atoms with Gasteiger partial charge in [-0.1, -0.05) is 61.7 Å². The van der Waals surface area contributed by atoms with E-state index < -0.39 is 0 Å². The van der Waals surface area contributed by atoms with Gasteiger partial charge in [-0.05, 0) is 49.9 Å². The predicted molar refractivity (Wildman–Crippen MR) is 130 cm³/mol. The first-order valence-electron chi connectivity index (χ1n) is 11.7. The van der Waals surface area contributed by atoms with Gasteiger partial charge in [-0.15, -0.1) is 0 Å². The molecule has 2 aromatic carbocycles. The van der Waals surface area contributed by atoms with Crippen molar-refractivity contribution < 1.29 is 4.79 Å². The van der Waals surface area contributed by atoms with E-state index in [0.717, 1.165) is 49.0 Å². The molecule has 1 fully saturated rings. The van der Waals surface area contributed by atoms with Crippen molar-refractivity contribution in [3.8, 4) is 0 Å². The van der Waals surface area contributed by atoms with Crippen molar-refractivity contribution >= 4 is 22.5 Å². The summed E-state index contributed by atoms with van der Waals surface area (Å²) in [5.74, 6) is 0.157. The molecule has 4 aromatic rings. The predicted octanol–water partition coefficient (Wildman–Crippen LogP) is 5.64. The molecule has 1 aliphatic carbocycles. The number of benzene rings is 2. The molecule has 1 amide bonds. The molecule has 2 aromatic heterocycles. The normalized spacial score (nSPS) is 15.8. The molecule has 0 saturated heterocycles. The number of para-hydroxylation sites is 1. The molecule has 0 spiro atoms. The van der Waals surface area contributed by atoms with Gasteiger partial charge in [0.1, 0.15) is 5.65 Å². The zero-order valence-electron chi connectivity index (χ0n) is 19.2. The Labute approximate surface area is 189 Å². The molecule has 4 nitrogen and oxygen atoms in total. The second-order valence-electron chi connectivity index (χ2n) is 9.29. The zero-order chi connectivity index (χ0) is 22.3. The molecule has 0 unspecified atom stereocenters. The van der Waals surface area contributed by atoms with E-state index in [2.05, 4.69) is 78.2 Å². The van der Waals surface area contributed by atoms with Crippen molar-refractivity contribution in [3.63, 3.8) is 0 Å². The summed E-state index contributed by atoms with van der Waals surface area (Å²) in [6.45, 7) is 4.21. The van der Waals surface area contributed by atoms with Crippen LogP contribution in [0, 0.1) is 13.8 Å². The summed E-state index contributed by atoms with van der Waals surface area (Å²) in [4.78, 5) is 17.8. The Hall–Kier alpha value is -3.14. The fraction of sp³-hybridized carbons (Fsp3) is 0.357. The first kappa shape index (κ1) is 20.7. The summed E-state index contributed by atoms with van der Waals surface area (Å²) in [6.07, 6.45) is 6.13. The highest BCUT2D eigenvalue weighted by Crippen LogP contribution is 2.40. The minimum absolute atomic E-state index is 0.157. The maximum Gasteiger partial charge on any atom is 0.230 e. The molecular weight excluding hydrogens is 394 g/mol. The molecule has 0 aliphatic heterocycles. The number of carbonyl (C=O) groups excluding carboxylic acids is 1. The standard InChI is InChI=1S/C28H31N3O/c1-19-17-20(2)31-25-10-6-5-9-23(25)24(26(31)30-19)18-21-11-13-22(14-12-21)28(27(32)29-3)15-7-4-8-16-28/h5-6,9-14,17H,4,7-8,15-16,18H2,1-3H3,(H,29,32). The Bertz CT molecular complexity index is 1290. The van der Waals surface area contributed by atoms with Crippen molar-refractivity contribution in [1.29, 1.82) is 0 Å². The van der Waals surface area contributed by atoms with Gasteiger partial charge in [0.15, 0.2) is 0 Å². The van der Waals surface area contributed by atoms with Gasteiger partial charge in [-0.25, -0.2) is 4.98 Å². The molecule has 5 rings (SSSR count). The van der Waals surface area contributed by atoms with E-state index in [1.807, 2.05) is 0 Å². The molecule has 164 valence electrons. The Kier molecular flexibility index (Phi) is 5.24. The van der Waals surface area contributed by atoms with Crippen molar-refractivity contribution in [2.45, 2.75) is 57.8 Å². The molecule has 2 heterocycles. The lowest BCUT2D eigenvalue weighted by atomic mass is 9.68. The van der Waals surface area contributed by atoms with Crippen LogP contribution in [-0.4, -0.2) is 22.3 Å². The van der Waals surface area contributed by atoms with Gasteiger partial charge in [0.05, 0.1) is 10.9 Å². The SMILES string of the molecule is CNC(=O)C1(c2ccc(Cc3c4ccccc4n4c(C)cc(C)nc34)cc2)CCCCC1. The third-order valence-corrected chi connectivity index (χ3v) is 7.26. The van der Waals surface area contributed by atoms with E-state index >= 15 is 0 Å². The average molecular weight is 426 g/mol. The number of nitrogens with one attached hydrogen (secondary N) is 1. The van der Waals surface area contributed by atoms with E-state index in [1.54, 1.807) is 7.05 Å². The summed E-state index contributed by atoms with van der Waals surface area (Å²) in [6, 6.07) is 19.5. The molecule has 4 heteroatoms. The lowest BCUT2D eigenvalue weighted by Gasteiger charge is -2.36. The number of fused-ring (bicyclic) bond motifs is 3. The minimum atomic E-state index is -0.378. The van der Waals surface area contributed by atoms with Gasteiger partial charge in [-0.3, -0.25) is 9.20 Å². The summed E-state index contributed by atoms with van der Waals surface area (Å²) >= 11 is 0. The van der Waals surface area contributed by atoms with Crippen molar-refractivity contribution in [1.82, 2.24) is 14.7 Å². The Morgan fingerprint density at radius 2 is 1.75 bits per heavy atom. The maximum atomic E-state index is 12.9. The van der Waals surface area contributed by atoms with Crippen LogP contribution in [0.4, 0.5) is 0 Å². The number of hydrogen-bond donors (Lipinski definition) is 1. The second-order valence-corrected chi connectivity index (χ2v) is 9.29. The highest BCUT2D eigenvalue weighted by Gasteiger charge is 2.40. The Morgan fingerprint density at radius 1 is 1.03 bits per heavy atom. The van der Waals surface area contributed by atoms with E-state index in [0.29, 0.717) is 0 Å². The first-order chi connectivity index (χ1) is 15.5. The first-order valence-corrected chi connectivity index (χ1v) is 11.7. The lowest BCUT2D eigenvalue weighted by molar-refractivity contribution is -0.127. The van der Waals surface area contributed by atoms with Crippen molar-refractivity contribution in [2.24, 2.45) is 0 Å². The second kappa shape index (κ2) is 8.09. The molecule has 0 atom stereocenters. The van der Waals surface area contributed by atoms with Crippen LogP contribution in [-0.2, 0) is 16.6 Å². The van der Waals surface area contributed by atoms with E-state index in [9.17, 15) is 4.79 Å². The number of carbonyl (C=O) groups is 1. The van der Waals surface area contributed by atoms with Gasteiger partial charge >= 0.3 is 0 Å². The number of hydrogen-bond acceptors (Lipinski definition) is 2. The van der Waals surface area contributed by atoms with Crippen LogP contribution in [0.3, 0.4) is 0 Å². The van der Waals surface area contributed by atoms with Gasteiger partial charge in [0.25, 0.3) is 0 Å². The molecular formula is C28H31N3O. The van der Waals surface area contributed by atoms with E-state index in [1.165, 1.54) is 34.1 Å². The Balaban J connectivity index is 1.56. The maximum absolute atomic E-state index is 12.9. The number of amides is 1. The fourth-order valence-electron chi connectivity index (χ4n) is 5.70. The largest absolute Gasteiger partial charge is 0.358 e. The van der Waals surface area contributed by atoms with E-state index in [4.69, 9.17) is 4.98 Å². The van der Waals surface area contributed by atoms with E-state index in [-0.39, 0.29) is 11.3 Å². The van der Waals surface area contributed by atoms with Crippen LogP contribution in [0.25, 0.3) is 16.6 Å². The zero-order valence-corrected chi connectivity index (χ0v) is 19.2. The highest BCUT2D eigenvalue weighted by molar-refractivity contribution is 5.92. The van der Waals surface area contributed by atoms with Crippen LogP contribution in [0.15, 0.2) is 54.6 Å². The quantitative estimate of drug-likeness (QED) is 0.460. The molecule has 1 saturated carbocycles. The monoisotopic (exact) mass is 425 g/mol. The number of aryl methyl sites for hydroxylation is 2. The Morgan fingerprint density at radius 3 is 2.47 bits per heavy atom. The lowest BCUT2D eigenvalue weighted by Crippen LogP contribution is -2.44. The van der Waals surface area contributed by atoms with Crippen LogP contribution >= 0.6 is 0 Å². The summed E-state index contributed by atoms with van der Waals surface area (Å²) in [5, 5.41) is 4.18. The van der Waals surface area contributed by atoms with Gasteiger partial charge in [0, 0.05) is 35.8 Å². The minimum Gasteiger partial charge on any atom is -0.358 e. The van der Waals surface area contributed by atoms with Crippen molar-refractivity contribution in [3.05, 3.63) is 82.7 Å². The van der Waals surface area contributed by atoms with Gasteiger partial charge in [0.2, 0.25) is 5.91 Å². The molecule has 1 aliphatic rings. The summed E-state index contributed by atoms with van der Waals surface area (Å²) in [7, 11) is 1.76. The van der Waals surface area contributed by atoms with Crippen molar-refractivity contribution in [2.75, 3.05) is 7.05 Å². The number of aromatic nitrogens is 2. The van der Waals surface area contributed by atoms with Gasteiger partial charge < -0.3 is 5.32 Å². The molecule has 32 heavy (non-hydrogen) atoms. The molecule has 0 radical (unpaired) electrons. The third-order valence-electron chi connectivity index (χ3n) is 7.26. The molecule has 1 N–H and O–H groups in total. The topological polar surface area (TPSA) is 46.4 Å². The number of rotatable bonds is 4. The average Bonchev–Trinajstić information content (AvgIpc) is 3.13. The number of nitrogens with zero attached hydrogens (tertiary/aromatic N) is 2. The smallest absolute Gasteiger partial charge is 0.230 e. The summed E-state index contributed by atoms with van der Waals surface area (Å²) in [5.41, 5.74) is 7.78. The fourth-order valence-corrected chi connectivity index (χ4v) is 5.70.